The van der Waals surface area contributed by atoms with E-state index in [1.54, 1.807) is 31.2 Å². The summed E-state index contributed by atoms with van der Waals surface area (Å²) in [5, 5.41) is -0.188. The number of methoxy groups -OCH3 is 1. The molecule has 9 heteroatoms. The number of alkyl halides is 6. The van der Waals surface area contributed by atoms with Gasteiger partial charge in [0.15, 0.2) is 0 Å². The molecular weight excluding hydrogens is 537 g/mol. The molecule has 0 aliphatic heterocycles. The summed E-state index contributed by atoms with van der Waals surface area (Å²) in [7, 11) is 1.44. The maximum atomic E-state index is 13.2. The Labute approximate surface area is 219 Å². The Morgan fingerprint density at radius 3 is 1.73 bits per heavy atom. The van der Waals surface area contributed by atoms with Crippen molar-refractivity contribution in [3.8, 4) is 39.1 Å². The van der Waals surface area contributed by atoms with E-state index in [1.165, 1.54) is 19.2 Å². The van der Waals surface area contributed by atoms with Crippen LogP contribution in [0.4, 0.5) is 26.3 Å². The Morgan fingerprint density at radius 1 is 0.676 bits per heavy atom. The van der Waals surface area contributed by atoms with Gasteiger partial charge in [0, 0.05) is 21.2 Å². The molecule has 1 nitrogen and oxygen atoms in total. The minimum absolute atomic E-state index is 0.0731. The van der Waals surface area contributed by atoms with E-state index in [-0.39, 0.29) is 10.0 Å². The van der Waals surface area contributed by atoms with Gasteiger partial charge in [-0.25, -0.2) is 0 Å². The number of benzene rings is 4. The van der Waals surface area contributed by atoms with Crippen LogP contribution >= 0.6 is 23.2 Å². The van der Waals surface area contributed by atoms with Crippen LogP contribution < -0.4 is 4.74 Å². The maximum Gasteiger partial charge on any atom is 0.416 e. The zero-order chi connectivity index (χ0) is 27.1. The van der Waals surface area contributed by atoms with Crippen molar-refractivity contribution in [2.24, 2.45) is 0 Å². The number of ether oxygens (including phenoxy) is 1. The monoisotopic (exact) mass is 553 g/mol. The molecule has 0 aliphatic rings. The van der Waals surface area contributed by atoms with E-state index >= 15 is 0 Å². The molecule has 1 radical (unpaired) electrons. The summed E-state index contributed by atoms with van der Waals surface area (Å²) >= 11 is 12.5. The van der Waals surface area contributed by atoms with E-state index < -0.39 is 23.5 Å². The number of rotatable bonds is 4. The molecule has 4 aromatic rings. The lowest BCUT2D eigenvalue weighted by atomic mass is 9.90. The van der Waals surface area contributed by atoms with Gasteiger partial charge in [0.1, 0.15) is 5.75 Å². The first-order valence-electron chi connectivity index (χ1n) is 10.7. The summed E-state index contributed by atoms with van der Waals surface area (Å²) in [6, 6.07) is 17.8. The molecule has 0 atom stereocenters. The molecule has 4 aromatic carbocycles. The quantitative estimate of drug-likeness (QED) is 0.228. The van der Waals surface area contributed by atoms with Gasteiger partial charge < -0.3 is 4.74 Å². The van der Waals surface area contributed by atoms with Crippen LogP contribution in [0, 0.1) is 13.0 Å². The van der Waals surface area contributed by atoms with Crippen molar-refractivity contribution >= 4 is 23.2 Å². The normalized spacial score (nSPS) is 12.1. The van der Waals surface area contributed by atoms with Crippen LogP contribution in [-0.4, -0.2) is 7.11 Å². The third kappa shape index (κ3) is 5.73. The molecule has 37 heavy (non-hydrogen) atoms. The van der Waals surface area contributed by atoms with Gasteiger partial charge >= 0.3 is 12.4 Å². The zero-order valence-corrected chi connectivity index (χ0v) is 20.8. The zero-order valence-electron chi connectivity index (χ0n) is 19.3. The van der Waals surface area contributed by atoms with E-state index in [2.05, 4.69) is 6.07 Å². The third-order valence-electron chi connectivity index (χ3n) is 5.71. The number of hydrogen-bond acceptors (Lipinski definition) is 1. The molecule has 0 aromatic heterocycles. The predicted octanol–water partition coefficient (Wildman–Crippen LogP) is 10.1. The van der Waals surface area contributed by atoms with Gasteiger partial charge in [-0.15, -0.1) is 0 Å². The summed E-state index contributed by atoms with van der Waals surface area (Å²) in [5.41, 5.74) is 1.89. The third-order valence-corrected chi connectivity index (χ3v) is 6.34. The van der Waals surface area contributed by atoms with Gasteiger partial charge in [0.25, 0.3) is 0 Å². The molecular formula is C28H17Cl2F6O. The molecule has 0 unspecified atom stereocenters. The summed E-state index contributed by atoms with van der Waals surface area (Å²) < 4.78 is 84.1. The molecule has 191 valence electrons. The molecule has 0 saturated heterocycles. The highest BCUT2D eigenvalue weighted by Crippen LogP contribution is 2.42. The second-order valence-corrected chi connectivity index (χ2v) is 9.12. The fourth-order valence-electron chi connectivity index (χ4n) is 3.96. The Morgan fingerprint density at radius 2 is 1.22 bits per heavy atom. The summed E-state index contributed by atoms with van der Waals surface area (Å²) in [5.74, 6) is 0.411. The summed E-state index contributed by atoms with van der Waals surface area (Å²) in [4.78, 5) is 0. The van der Waals surface area contributed by atoms with Crippen molar-refractivity contribution in [3.63, 3.8) is 0 Å². The lowest BCUT2D eigenvalue weighted by Crippen LogP contribution is -2.04. The van der Waals surface area contributed by atoms with Crippen molar-refractivity contribution in [1.82, 2.24) is 0 Å². The van der Waals surface area contributed by atoms with Crippen molar-refractivity contribution < 1.29 is 31.1 Å². The number of halogens is 8. The van der Waals surface area contributed by atoms with Crippen LogP contribution in [0.1, 0.15) is 16.7 Å². The molecule has 0 N–H and O–H groups in total. The molecule has 0 fully saturated rings. The molecule has 0 spiro atoms. The largest absolute Gasteiger partial charge is 0.497 e. The van der Waals surface area contributed by atoms with Gasteiger partial charge in [-0.2, -0.15) is 26.3 Å². The molecule has 0 bridgehead atoms. The molecule has 0 amide bonds. The van der Waals surface area contributed by atoms with Gasteiger partial charge in [-0.05, 0) is 83.3 Å². The fourth-order valence-corrected chi connectivity index (χ4v) is 4.54. The SMILES string of the molecule is COc1c[c]c(-c2cc(C)cc(-c3ccc(C(F)(F)F)cc3Cl)c2)c(-c2ccc(C(F)(F)F)cc2Cl)c1. The minimum atomic E-state index is -4.56. The van der Waals surface area contributed by atoms with Gasteiger partial charge in [-0.3, -0.25) is 0 Å². The average Bonchev–Trinajstić information content (AvgIpc) is 2.82. The summed E-state index contributed by atoms with van der Waals surface area (Å²) in [6.07, 6.45) is -9.09. The van der Waals surface area contributed by atoms with Gasteiger partial charge in [-0.1, -0.05) is 47.5 Å². The van der Waals surface area contributed by atoms with Crippen LogP contribution in [0.3, 0.4) is 0 Å². The fraction of sp³-hybridized carbons (Fsp3) is 0.143. The maximum absolute atomic E-state index is 13.2. The van der Waals surface area contributed by atoms with E-state index in [4.69, 9.17) is 27.9 Å². The molecule has 0 heterocycles. The number of hydrogen-bond donors (Lipinski definition) is 0. The lowest BCUT2D eigenvalue weighted by molar-refractivity contribution is -0.138. The van der Waals surface area contributed by atoms with E-state index in [0.29, 0.717) is 39.1 Å². The molecule has 0 aliphatic carbocycles. The van der Waals surface area contributed by atoms with Gasteiger partial charge in [0.2, 0.25) is 0 Å². The second kappa shape index (κ2) is 9.95. The smallest absolute Gasteiger partial charge is 0.416 e. The molecule has 4 rings (SSSR count). The first-order valence-corrected chi connectivity index (χ1v) is 11.5. The Kier molecular flexibility index (Phi) is 7.23. The summed E-state index contributed by atoms with van der Waals surface area (Å²) in [6.45, 7) is 1.80. The van der Waals surface area contributed by atoms with Crippen LogP contribution in [0.2, 0.25) is 10.0 Å². The lowest BCUT2D eigenvalue weighted by Gasteiger charge is -2.17. The second-order valence-electron chi connectivity index (χ2n) is 8.30. The highest BCUT2D eigenvalue weighted by molar-refractivity contribution is 6.34. The standard InChI is InChI=1S/C28H17Cl2F6O/c1-15-9-16(11-17(10-15)22-6-3-18(12-25(22)29)27(31,32)33)21-8-5-20(37-2)14-24(21)23-7-4-19(13-26(23)30)28(34,35)36/h3-7,9-14H,1-2H3. The topological polar surface area (TPSA) is 9.23 Å². The van der Waals surface area contributed by atoms with Crippen LogP contribution in [0.25, 0.3) is 33.4 Å². The van der Waals surface area contributed by atoms with E-state index in [0.717, 1.165) is 29.8 Å². The predicted molar refractivity (Wildman–Crippen MR) is 133 cm³/mol. The van der Waals surface area contributed by atoms with Crippen molar-refractivity contribution in [2.45, 2.75) is 19.3 Å². The number of aryl methyl sites for hydroxylation is 1. The van der Waals surface area contributed by atoms with Crippen LogP contribution in [-0.2, 0) is 12.4 Å². The Bertz CT molecular complexity index is 1470. The minimum Gasteiger partial charge on any atom is -0.497 e. The first kappa shape index (κ1) is 26.9. The Hall–Kier alpha value is -3.16. The average molecular weight is 554 g/mol. The molecule has 0 saturated carbocycles. The van der Waals surface area contributed by atoms with Crippen molar-refractivity contribution in [2.75, 3.05) is 7.11 Å². The van der Waals surface area contributed by atoms with Crippen LogP contribution in [0.15, 0.2) is 66.7 Å². The highest BCUT2D eigenvalue weighted by Gasteiger charge is 2.32. The van der Waals surface area contributed by atoms with Crippen molar-refractivity contribution in [3.05, 3.63) is 99.5 Å². The highest BCUT2D eigenvalue weighted by atomic mass is 35.5. The van der Waals surface area contributed by atoms with Crippen molar-refractivity contribution in [1.29, 1.82) is 0 Å². The first-order chi connectivity index (χ1) is 17.3. The van der Waals surface area contributed by atoms with E-state index in [1.807, 2.05) is 6.07 Å². The Balaban J connectivity index is 1.88. The van der Waals surface area contributed by atoms with Crippen LogP contribution in [0.5, 0.6) is 5.75 Å². The van der Waals surface area contributed by atoms with E-state index in [9.17, 15) is 26.3 Å². The van der Waals surface area contributed by atoms with Gasteiger partial charge in [0.05, 0.1) is 18.2 Å².